The number of nitrogens with zero attached hydrogens (tertiary/aromatic N) is 2. The van der Waals surface area contributed by atoms with E-state index in [0.717, 1.165) is 17.9 Å². The summed E-state index contributed by atoms with van der Waals surface area (Å²) in [6.45, 7) is 9.11. The molecule has 0 unspecified atom stereocenters. The molecule has 0 bridgehead atoms. The number of aliphatic carboxylic acids is 2. The van der Waals surface area contributed by atoms with Gasteiger partial charge in [-0.1, -0.05) is 26.0 Å². The zero-order valence-corrected chi connectivity index (χ0v) is 15.8. The number of carboxylic acids is 2. The molecule has 0 aliphatic rings. The van der Waals surface area contributed by atoms with Gasteiger partial charge in [0.1, 0.15) is 12.4 Å². The molecule has 0 saturated carbocycles. The first-order valence-corrected chi connectivity index (χ1v) is 8.54. The maximum atomic E-state index is 9.10. The Bertz CT molecular complexity index is 701. The van der Waals surface area contributed by atoms with Crippen molar-refractivity contribution in [2.45, 2.75) is 33.2 Å². The molecule has 8 heteroatoms. The van der Waals surface area contributed by atoms with Crippen molar-refractivity contribution < 1.29 is 29.3 Å². The molecule has 1 aromatic heterocycles. The molecule has 0 amide bonds. The van der Waals surface area contributed by atoms with Crippen LogP contribution in [0.15, 0.2) is 36.9 Å². The number of hydrogen-bond acceptors (Lipinski definition) is 5. The molecule has 2 rings (SSSR count). The van der Waals surface area contributed by atoms with Crippen LogP contribution in [0.5, 0.6) is 5.75 Å². The lowest BCUT2D eigenvalue weighted by atomic mass is 10.0. The van der Waals surface area contributed by atoms with Crippen molar-refractivity contribution in [3.05, 3.63) is 48.0 Å². The van der Waals surface area contributed by atoms with Gasteiger partial charge in [-0.2, -0.15) is 0 Å². The van der Waals surface area contributed by atoms with E-state index in [-0.39, 0.29) is 0 Å². The second-order valence-electron chi connectivity index (χ2n) is 6.05. The van der Waals surface area contributed by atoms with Crippen LogP contribution >= 0.6 is 0 Å². The first-order chi connectivity index (χ1) is 12.8. The SMILES string of the molecule is Cc1ccc(C(C)C)cc1OCCOCCn1ccnc1.O=C(O)C(=O)O. The highest BCUT2D eigenvalue weighted by molar-refractivity contribution is 6.27. The monoisotopic (exact) mass is 378 g/mol. The number of ether oxygens (including phenoxy) is 2. The first kappa shape index (κ1) is 22.2. The van der Waals surface area contributed by atoms with Gasteiger partial charge in [0.25, 0.3) is 0 Å². The Kier molecular flexibility index (Phi) is 9.60. The van der Waals surface area contributed by atoms with Crippen LogP contribution in [0.3, 0.4) is 0 Å². The lowest BCUT2D eigenvalue weighted by molar-refractivity contribution is -0.159. The second-order valence-corrected chi connectivity index (χ2v) is 6.05. The van der Waals surface area contributed by atoms with Gasteiger partial charge in [0.15, 0.2) is 0 Å². The summed E-state index contributed by atoms with van der Waals surface area (Å²) in [4.78, 5) is 22.2. The largest absolute Gasteiger partial charge is 0.491 e. The summed E-state index contributed by atoms with van der Waals surface area (Å²) >= 11 is 0. The minimum Gasteiger partial charge on any atom is -0.491 e. The topological polar surface area (TPSA) is 111 Å². The standard InChI is InChI=1S/C17H24N2O2.C2H2O4/c1-14(2)16-5-4-15(3)17(12-16)21-11-10-20-9-8-19-7-6-18-13-19;3-1(4)2(5)6/h4-7,12-14H,8-11H2,1-3H3;(H,3,4)(H,5,6). The molecule has 27 heavy (non-hydrogen) atoms. The number of benzene rings is 1. The summed E-state index contributed by atoms with van der Waals surface area (Å²) in [6, 6.07) is 6.41. The Labute approximate surface area is 158 Å². The molecule has 148 valence electrons. The van der Waals surface area contributed by atoms with Crippen LogP contribution < -0.4 is 4.74 Å². The van der Waals surface area contributed by atoms with E-state index < -0.39 is 11.9 Å². The third-order valence-corrected chi connectivity index (χ3v) is 3.60. The van der Waals surface area contributed by atoms with Gasteiger partial charge in [0.2, 0.25) is 0 Å². The molecule has 8 nitrogen and oxygen atoms in total. The molecule has 1 aromatic carbocycles. The molecule has 2 N–H and O–H groups in total. The fourth-order valence-corrected chi connectivity index (χ4v) is 2.03. The van der Waals surface area contributed by atoms with E-state index in [9.17, 15) is 0 Å². The van der Waals surface area contributed by atoms with Gasteiger partial charge in [0.05, 0.1) is 19.5 Å². The number of aryl methyl sites for hydroxylation is 1. The highest BCUT2D eigenvalue weighted by Crippen LogP contribution is 2.24. The van der Waals surface area contributed by atoms with Gasteiger partial charge in [-0.15, -0.1) is 0 Å². The van der Waals surface area contributed by atoms with Crippen LogP contribution in [0.2, 0.25) is 0 Å². The Morgan fingerprint density at radius 2 is 1.85 bits per heavy atom. The molecule has 0 spiro atoms. The summed E-state index contributed by atoms with van der Waals surface area (Å²) in [5, 5.41) is 14.8. The van der Waals surface area contributed by atoms with Crippen molar-refractivity contribution in [2.24, 2.45) is 0 Å². The Morgan fingerprint density at radius 1 is 1.15 bits per heavy atom. The molecule has 0 aliphatic heterocycles. The summed E-state index contributed by atoms with van der Waals surface area (Å²) in [5.41, 5.74) is 2.47. The average Bonchev–Trinajstić information content (AvgIpc) is 3.13. The van der Waals surface area contributed by atoms with E-state index in [4.69, 9.17) is 29.3 Å². The molecule has 0 radical (unpaired) electrons. The number of carbonyl (C=O) groups is 2. The van der Waals surface area contributed by atoms with Gasteiger partial charge < -0.3 is 24.3 Å². The number of hydrogen-bond donors (Lipinski definition) is 2. The smallest absolute Gasteiger partial charge is 0.414 e. The van der Waals surface area contributed by atoms with Crippen molar-refractivity contribution in [2.75, 3.05) is 19.8 Å². The number of imidazole rings is 1. The minimum absolute atomic E-state index is 0.513. The molecule has 0 saturated heterocycles. The molecule has 0 atom stereocenters. The first-order valence-electron chi connectivity index (χ1n) is 8.54. The molecule has 0 fully saturated rings. The van der Waals surface area contributed by atoms with E-state index in [2.05, 4.69) is 44.0 Å². The second kappa shape index (κ2) is 11.7. The zero-order valence-electron chi connectivity index (χ0n) is 15.8. The van der Waals surface area contributed by atoms with E-state index in [1.807, 2.05) is 10.8 Å². The number of carboxylic acid groups (broad SMARTS) is 2. The van der Waals surface area contributed by atoms with Crippen molar-refractivity contribution in [1.29, 1.82) is 0 Å². The van der Waals surface area contributed by atoms with Gasteiger partial charge in [-0.3, -0.25) is 0 Å². The Morgan fingerprint density at radius 3 is 2.41 bits per heavy atom. The number of aromatic nitrogens is 2. The Hall–Kier alpha value is -2.87. The normalized spacial score (nSPS) is 10.2. The van der Waals surface area contributed by atoms with Crippen LogP contribution in [0.4, 0.5) is 0 Å². The highest BCUT2D eigenvalue weighted by atomic mass is 16.5. The Balaban J connectivity index is 0.000000527. The van der Waals surface area contributed by atoms with Gasteiger partial charge in [0, 0.05) is 18.9 Å². The molecular formula is C19H26N2O6. The summed E-state index contributed by atoms with van der Waals surface area (Å²) in [6.07, 6.45) is 5.49. The number of rotatable bonds is 8. The summed E-state index contributed by atoms with van der Waals surface area (Å²) in [5.74, 6) is -2.18. The van der Waals surface area contributed by atoms with Crippen LogP contribution in [0.25, 0.3) is 0 Å². The molecule has 0 aliphatic carbocycles. The van der Waals surface area contributed by atoms with Crippen molar-refractivity contribution in [3.63, 3.8) is 0 Å². The molecule has 1 heterocycles. The van der Waals surface area contributed by atoms with E-state index in [1.54, 1.807) is 12.5 Å². The van der Waals surface area contributed by atoms with Crippen molar-refractivity contribution in [1.82, 2.24) is 9.55 Å². The predicted molar refractivity (Wildman–Crippen MR) is 99.1 cm³/mol. The fraction of sp³-hybridized carbons (Fsp3) is 0.421. The lowest BCUT2D eigenvalue weighted by Crippen LogP contribution is -2.11. The average molecular weight is 378 g/mol. The third-order valence-electron chi connectivity index (χ3n) is 3.60. The van der Waals surface area contributed by atoms with Crippen LogP contribution in [0.1, 0.15) is 30.9 Å². The van der Waals surface area contributed by atoms with E-state index in [0.29, 0.717) is 25.7 Å². The third kappa shape index (κ3) is 8.87. The lowest BCUT2D eigenvalue weighted by Gasteiger charge is -2.13. The van der Waals surface area contributed by atoms with Crippen LogP contribution in [-0.2, 0) is 20.9 Å². The molecular weight excluding hydrogens is 352 g/mol. The highest BCUT2D eigenvalue weighted by Gasteiger charge is 2.05. The van der Waals surface area contributed by atoms with Gasteiger partial charge in [-0.25, -0.2) is 14.6 Å². The predicted octanol–water partition coefficient (Wildman–Crippen LogP) is 2.57. The summed E-state index contributed by atoms with van der Waals surface area (Å²) in [7, 11) is 0. The minimum atomic E-state index is -1.82. The summed E-state index contributed by atoms with van der Waals surface area (Å²) < 4.78 is 13.4. The van der Waals surface area contributed by atoms with Gasteiger partial charge >= 0.3 is 11.9 Å². The maximum Gasteiger partial charge on any atom is 0.414 e. The van der Waals surface area contributed by atoms with Crippen LogP contribution in [-0.4, -0.2) is 51.5 Å². The van der Waals surface area contributed by atoms with Crippen molar-refractivity contribution in [3.8, 4) is 5.75 Å². The van der Waals surface area contributed by atoms with Crippen molar-refractivity contribution >= 4 is 11.9 Å². The quantitative estimate of drug-likeness (QED) is 0.536. The van der Waals surface area contributed by atoms with Crippen LogP contribution in [0, 0.1) is 6.92 Å². The van der Waals surface area contributed by atoms with E-state index in [1.165, 1.54) is 5.56 Å². The maximum absolute atomic E-state index is 9.10. The fourth-order valence-electron chi connectivity index (χ4n) is 2.03. The zero-order chi connectivity index (χ0) is 20.2. The van der Waals surface area contributed by atoms with E-state index >= 15 is 0 Å². The van der Waals surface area contributed by atoms with Gasteiger partial charge in [-0.05, 0) is 30.0 Å². The molecule has 2 aromatic rings.